The molecule has 0 spiro atoms. The maximum absolute atomic E-state index is 12.5. The maximum atomic E-state index is 12.5. The minimum absolute atomic E-state index is 0.0183. The van der Waals surface area contributed by atoms with Crippen molar-refractivity contribution in [3.8, 4) is 0 Å². The Balaban J connectivity index is 1.68. The van der Waals surface area contributed by atoms with E-state index in [2.05, 4.69) is 39.3 Å². The van der Waals surface area contributed by atoms with Gasteiger partial charge in [-0.25, -0.2) is 14.0 Å². The number of carbonyl (C=O) groups is 2. The Labute approximate surface area is 331 Å². The fraction of sp³-hybridized carbons (Fsp3) is 0.737. The number of unbranched alkanes of at least 4 members (excludes halogenated alkanes) is 13. The summed E-state index contributed by atoms with van der Waals surface area (Å²) in [6, 6.07) is 2.85. The van der Waals surface area contributed by atoms with Gasteiger partial charge in [-0.05, 0) is 61.3 Å². The highest BCUT2D eigenvalue weighted by atomic mass is 31.2. The number of nitro benzene ring substituents is 1. The summed E-state index contributed by atoms with van der Waals surface area (Å²) in [6.07, 6.45) is 20.3. The molecule has 0 bridgehead atoms. The van der Waals surface area contributed by atoms with Crippen LogP contribution in [-0.2, 0) is 37.7 Å². The molecule has 2 N–H and O–H groups in total. The van der Waals surface area contributed by atoms with E-state index in [1.807, 2.05) is 21.1 Å². The molecule has 1 heterocycles. The number of ether oxygens (including phenoxy) is 1. The number of anilines is 1. The Bertz CT molecular complexity index is 1500. The van der Waals surface area contributed by atoms with Gasteiger partial charge in [0.2, 0.25) is 5.52 Å². The van der Waals surface area contributed by atoms with Crippen molar-refractivity contribution in [3.63, 3.8) is 0 Å². The molecule has 0 aliphatic heterocycles. The van der Waals surface area contributed by atoms with Crippen LogP contribution in [0.15, 0.2) is 28.9 Å². The first-order valence-corrected chi connectivity index (χ1v) is 21.5. The van der Waals surface area contributed by atoms with E-state index in [1.165, 1.54) is 50.7 Å². The first-order chi connectivity index (χ1) is 26.8. The molecule has 1 aromatic heterocycles. The number of nitrogens with one attached hydrogen (secondary N) is 1. The molecule has 0 radical (unpaired) electrons. The predicted octanol–water partition coefficient (Wildman–Crippen LogP) is 8.37. The minimum Gasteiger partial charge on any atom is -0.463 e. The summed E-state index contributed by atoms with van der Waals surface area (Å²) >= 11 is 0. The van der Waals surface area contributed by atoms with Gasteiger partial charge in [0.15, 0.2) is 11.6 Å². The van der Waals surface area contributed by atoms with Gasteiger partial charge in [-0.2, -0.15) is 4.89 Å². The molecule has 18 heteroatoms. The highest BCUT2D eigenvalue weighted by Gasteiger charge is 2.27. The lowest BCUT2D eigenvalue weighted by atomic mass is 10.1. The highest BCUT2D eigenvalue weighted by Crippen LogP contribution is 2.43. The zero-order valence-corrected chi connectivity index (χ0v) is 34.7. The van der Waals surface area contributed by atoms with Gasteiger partial charge in [-0.3, -0.25) is 28.8 Å². The smallest absolute Gasteiger partial charge is 0.463 e. The first kappa shape index (κ1) is 48.7. The van der Waals surface area contributed by atoms with Gasteiger partial charge >= 0.3 is 25.4 Å². The normalized spacial score (nSPS) is 13.5. The van der Waals surface area contributed by atoms with Gasteiger partial charge in [0.05, 0.1) is 38.4 Å². The van der Waals surface area contributed by atoms with Crippen molar-refractivity contribution in [2.45, 2.75) is 129 Å². The van der Waals surface area contributed by atoms with E-state index in [4.69, 9.17) is 23.6 Å². The third kappa shape index (κ3) is 22.9. The number of carbonyl (C=O) groups excluding carboxylic acids is 2. The van der Waals surface area contributed by atoms with Crippen LogP contribution in [0.1, 0.15) is 122 Å². The number of nitrogens with zero attached hydrogens (tertiary/aromatic N) is 4. The third-order valence-corrected chi connectivity index (χ3v) is 9.74. The van der Waals surface area contributed by atoms with Gasteiger partial charge < -0.3 is 19.4 Å². The number of hydrogen-bond donors (Lipinski definition) is 2. The zero-order chi connectivity index (χ0) is 41.1. The third-order valence-electron chi connectivity index (χ3n) is 8.75. The van der Waals surface area contributed by atoms with Crippen LogP contribution in [0.2, 0.25) is 0 Å². The lowest BCUT2D eigenvalue weighted by Crippen LogP contribution is -2.37. The van der Waals surface area contributed by atoms with E-state index >= 15 is 0 Å². The van der Waals surface area contributed by atoms with Crippen LogP contribution >= 0.6 is 7.82 Å². The number of phosphoric acid groups is 1. The molecule has 318 valence electrons. The summed E-state index contributed by atoms with van der Waals surface area (Å²) in [5, 5.41) is 21.7. The van der Waals surface area contributed by atoms with Crippen LogP contribution < -0.4 is 5.32 Å². The van der Waals surface area contributed by atoms with E-state index in [9.17, 15) is 29.2 Å². The van der Waals surface area contributed by atoms with Gasteiger partial charge in [-0.15, -0.1) is 0 Å². The van der Waals surface area contributed by atoms with E-state index in [0.29, 0.717) is 48.9 Å². The molecule has 0 aliphatic rings. The standard InChI is InChI=1S/C38H64N5O12P/c1-5-6-7-8-9-10-11-12-13-14-15-16-17-18-20-23-35(44)50-30-32(31-52-56(48,49)51-29-28-43(2,3)4)53-54-36(45)24-21-19-22-27-39-33-25-26-34(42(46)47)38-37(33)40-55-41-38/h12-13,25-26,32H,5-11,14-24,27-31H2,1-4H3,(H-,39,41,48,49)/p+1/b13-12-/t32-/m1/s1. The van der Waals surface area contributed by atoms with Crippen LogP contribution in [0.5, 0.6) is 0 Å². The number of esters is 1. The topological polar surface area (TPSA) is 212 Å². The van der Waals surface area contributed by atoms with E-state index in [1.54, 1.807) is 0 Å². The summed E-state index contributed by atoms with van der Waals surface area (Å²) in [5.41, 5.74) is 0.629. The van der Waals surface area contributed by atoms with Crippen molar-refractivity contribution in [1.29, 1.82) is 0 Å². The number of benzene rings is 1. The monoisotopic (exact) mass is 814 g/mol. The lowest BCUT2D eigenvalue weighted by Gasteiger charge is -2.24. The first-order valence-electron chi connectivity index (χ1n) is 20.0. The SMILES string of the molecule is CCCCCCCC/C=C\CCCCCCCC(=O)OC[C@H](COP(=O)(O)OCC[N+](C)(C)C)OOC(=O)CCCCCNc1ccc([N+](=O)[O-])c2nonc12. The fourth-order valence-corrected chi connectivity index (χ4v) is 6.19. The van der Waals surface area contributed by atoms with E-state index in [-0.39, 0.29) is 42.8 Å². The van der Waals surface area contributed by atoms with Gasteiger partial charge in [0.1, 0.15) is 19.8 Å². The number of phosphoric ester groups is 1. The summed E-state index contributed by atoms with van der Waals surface area (Å²) in [7, 11) is 1.25. The number of allylic oxidation sites excluding steroid dienone is 2. The molecule has 2 atom stereocenters. The summed E-state index contributed by atoms with van der Waals surface area (Å²) in [4.78, 5) is 55.8. The second kappa shape index (κ2) is 28.0. The minimum atomic E-state index is -4.47. The average Bonchev–Trinajstić information content (AvgIpc) is 3.64. The molecule has 0 fully saturated rings. The molecule has 0 saturated carbocycles. The quantitative estimate of drug-likeness (QED) is 0.00993. The largest absolute Gasteiger partial charge is 0.472 e. The molecule has 1 aromatic carbocycles. The molecule has 2 rings (SSSR count). The molecule has 1 unspecified atom stereocenters. The number of likely N-dealkylation sites (N-methyl/N-ethyl adjacent to an activating group) is 1. The molecule has 0 amide bonds. The molecule has 0 saturated heterocycles. The highest BCUT2D eigenvalue weighted by molar-refractivity contribution is 7.47. The molecule has 2 aromatic rings. The predicted molar refractivity (Wildman–Crippen MR) is 211 cm³/mol. The van der Waals surface area contributed by atoms with Crippen molar-refractivity contribution >= 4 is 42.2 Å². The van der Waals surface area contributed by atoms with Crippen LogP contribution in [0, 0.1) is 10.1 Å². The molecule has 17 nitrogen and oxygen atoms in total. The van der Waals surface area contributed by atoms with Crippen LogP contribution in [0.3, 0.4) is 0 Å². The van der Waals surface area contributed by atoms with E-state index < -0.39 is 37.4 Å². The maximum Gasteiger partial charge on any atom is 0.472 e. The van der Waals surface area contributed by atoms with Crippen LogP contribution in [0.25, 0.3) is 11.0 Å². The number of hydrogen-bond acceptors (Lipinski definition) is 14. The summed E-state index contributed by atoms with van der Waals surface area (Å²) in [6.45, 7) is 2.25. The zero-order valence-electron chi connectivity index (χ0n) is 33.8. The number of nitro groups is 1. The Morgan fingerprint density at radius 3 is 2.14 bits per heavy atom. The lowest BCUT2D eigenvalue weighted by molar-refractivity contribution is -0.870. The van der Waals surface area contributed by atoms with Crippen molar-refractivity contribution in [1.82, 2.24) is 10.3 Å². The molecular formula is C38H65N5O12P+. The van der Waals surface area contributed by atoms with Crippen molar-refractivity contribution in [2.75, 3.05) is 59.4 Å². The summed E-state index contributed by atoms with van der Waals surface area (Å²) < 4.78 is 33.1. The van der Waals surface area contributed by atoms with E-state index in [0.717, 1.165) is 38.5 Å². The Morgan fingerprint density at radius 1 is 0.875 bits per heavy atom. The Hall–Kier alpha value is -3.47. The molecule has 0 aliphatic carbocycles. The van der Waals surface area contributed by atoms with Crippen LogP contribution in [-0.4, -0.2) is 96.7 Å². The van der Waals surface area contributed by atoms with Gasteiger partial charge in [0, 0.05) is 25.5 Å². The number of quaternary nitrogens is 1. The van der Waals surface area contributed by atoms with Crippen molar-refractivity contribution in [2.24, 2.45) is 0 Å². The average molecular weight is 815 g/mol. The Kier molecular flexibility index (Phi) is 24.4. The fourth-order valence-electron chi connectivity index (χ4n) is 5.45. The van der Waals surface area contributed by atoms with Crippen molar-refractivity contribution < 1.29 is 56.6 Å². The van der Waals surface area contributed by atoms with Crippen molar-refractivity contribution in [3.05, 3.63) is 34.4 Å². The number of rotatable bonds is 34. The number of fused-ring (bicyclic) bond motifs is 1. The molecule has 56 heavy (non-hydrogen) atoms. The molecular weight excluding hydrogens is 749 g/mol. The number of non-ortho nitro benzene ring substituents is 1. The Morgan fingerprint density at radius 2 is 1.48 bits per heavy atom. The van der Waals surface area contributed by atoms with Gasteiger partial charge in [0.25, 0.3) is 0 Å². The number of aromatic nitrogens is 2. The van der Waals surface area contributed by atoms with Crippen LogP contribution in [0.4, 0.5) is 11.4 Å². The van der Waals surface area contributed by atoms with Gasteiger partial charge in [-0.1, -0.05) is 76.9 Å². The second-order valence-corrected chi connectivity index (χ2v) is 16.3. The second-order valence-electron chi connectivity index (χ2n) is 14.9. The summed E-state index contributed by atoms with van der Waals surface area (Å²) in [5.74, 6) is -1.14.